The number of methoxy groups -OCH3 is 1. The zero-order valence-electron chi connectivity index (χ0n) is 19.8. The lowest BCUT2D eigenvalue weighted by atomic mass is 10.2. The van der Waals surface area contributed by atoms with E-state index in [2.05, 4.69) is 4.99 Å². The van der Waals surface area contributed by atoms with Crippen LogP contribution in [0.15, 0.2) is 82.7 Å². The van der Waals surface area contributed by atoms with Crippen LogP contribution in [0.1, 0.15) is 29.8 Å². The summed E-state index contributed by atoms with van der Waals surface area (Å²) >= 11 is 1.41. The van der Waals surface area contributed by atoms with Crippen molar-refractivity contribution in [1.82, 2.24) is 8.87 Å². The first-order valence-electron chi connectivity index (χ1n) is 11.3. The molecule has 0 aliphatic carbocycles. The molecule has 3 aromatic carbocycles. The molecule has 0 radical (unpaired) electrons. The van der Waals surface area contributed by atoms with Gasteiger partial charge in [-0.3, -0.25) is 4.79 Å². The molecule has 0 saturated carbocycles. The number of aromatic nitrogens is 1. The summed E-state index contributed by atoms with van der Waals surface area (Å²) in [5.41, 5.74) is 2.21. The second-order valence-electron chi connectivity index (χ2n) is 7.82. The number of aryl methyl sites for hydroxylation is 1. The van der Waals surface area contributed by atoms with Crippen LogP contribution >= 0.6 is 11.3 Å². The zero-order valence-corrected chi connectivity index (χ0v) is 21.5. The molecule has 0 atom stereocenters. The Kier molecular flexibility index (Phi) is 7.49. The molecular weight excluding hydrogens is 482 g/mol. The fourth-order valence-electron chi connectivity index (χ4n) is 3.80. The van der Waals surface area contributed by atoms with Crippen LogP contribution in [-0.2, 0) is 23.1 Å². The first kappa shape index (κ1) is 24.8. The molecule has 182 valence electrons. The maximum absolute atomic E-state index is 13.2. The summed E-state index contributed by atoms with van der Waals surface area (Å²) in [6, 6.07) is 21.2. The Hall–Kier alpha value is -3.27. The molecule has 0 bridgehead atoms. The summed E-state index contributed by atoms with van der Waals surface area (Å²) < 4.78 is 36.0. The number of sulfonamides is 1. The van der Waals surface area contributed by atoms with Gasteiger partial charge in [0.2, 0.25) is 10.0 Å². The highest BCUT2D eigenvalue weighted by atomic mass is 32.2. The Labute approximate surface area is 209 Å². The maximum atomic E-state index is 13.2. The minimum Gasteiger partial charge on any atom is -0.497 e. The molecule has 0 unspecified atom stereocenters. The summed E-state index contributed by atoms with van der Waals surface area (Å²) in [6.45, 7) is 5.07. The van der Waals surface area contributed by atoms with Crippen LogP contribution in [0.5, 0.6) is 5.75 Å². The number of carbonyl (C=O) groups is 1. The molecule has 9 heteroatoms. The van der Waals surface area contributed by atoms with Crippen molar-refractivity contribution in [2.24, 2.45) is 4.99 Å². The number of thiazole rings is 1. The lowest BCUT2D eigenvalue weighted by Gasteiger charge is -2.20. The van der Waals surface area contributed by atoms with Gasteiger partial charge < -0.3 is 9.30 Å². The van der Waals surface area contributed by atoms with E-state index < -0.39 is 15.9 Å². The van der Waals surface area contributed by atoms with Gasteiger partial charge in [0.25, 0.3) is 5.91 Å². The maximum Gasteiger partial charge on any atom is 0.279 e. The van der Waals surface area contributed by atoms with Crippen LogP contribution in [0.3, 0.4) is 0 Å². The standard InChI is InChI=1S/C26H27N3O4S2/c1-4-28(18-19-9-7-6-8-10-19)35(31,32)22-14-11-20(12-15-22)25(30)27-26-29(5-2)23-16-13-21(33-3)17-24(23)34-26/h6-17H,4-5,18H2,1-3H3. The number of fused-ring (bicyclic) bond motifs is 1. The van der Waals surface area contributed by atoms with Gasteiger partial charge in [-0.2, -0.15) is 9.30 Å². The van der Waals surface area contributed by atoms with Gasteiger partial charge in [-0.1, -0.05) is 48.6 Å². The Morgan fingerprint density at radius 1 is 1.03 bits per heavy atom. The first-order valence-corrected chi connectivity index (χ1v) is 13.5. The van der Waals surface area contributed by atoms with Gasteiger partial charge in [0.15, 0.2) is 4.80 Å². The third-order valence-electron chi connectivity index (χ3n) is 5.70. The lowest BCUT2D eigenvalue weighted by Crippen LogP contribution is -2.30. The molecule has 1 heterocycles. The van der Waals surface area contributed by atoms with E-state index >= 15 is 0 Å². The third-order valence-corrected chi connectivity index (χ3v) is 8.67. The van der Waals surface area contributed by atoms with Crippen LogP contribution < -0.4 is 9.54 Å². The van der Waals surface area contributed by atoms with E-state index in [1.165, 1.54) is 39.9 Å². The second-order valence-corrected chi connectivity index (χ2v) is 10.8. The number of hydrogen-bond acceptors (Lipinski definition) is 5. The minimum atomic E-state index is -3.71. The third kappa shape index (κ3) is 5.22. The van der Waals surface area contributed by atoms with Crippen LogP contribution in [0.4, 0.5) is 0 Å². The molecule has 0 spiro atoms. The van der Waals surface area contributed by atoms with Crippen molar-refractivity contribution in [1.29, 1.82) is 0 Å². The smallest absolute Gasteiger partial charge is 0.279 e. The topological polar surface area (TPSA) is 81.0 Å². The van der Waals surface area contributed by atoms with Gasteiger partial charge in [0.05, 0.1) is 22.2 Å². The van der Waals surface area contributed by atoms with Crippen molar-refractivity contribution in [2.45, 2.75) is 31.8 Å². The lowest BCUT2D eigenvalue weighted by molar-refractivity contribution is 0.0997. The molecule has 7 nitrogen and oxygen atoms in total. The van der Waals surface area contributed by atoms with Crippen LogP contribution in [0, 0.1) is 0 Å². The normalized spacial score (nSPS) is 12.4. The number of amides is 1. The highest BCUT2D eigenvalue weighted by Crippen LogP contribution is 2.23. The fraction of sp³-hybridized carbons (Fsp3) is 0.231. The molecule has 0 aliphatic rings. The summed E-state index contributed by atoms with van der Waals surface area (Å²) in [7, 11) is -2.09. The van der Waals surface area contributed by atoms with E-state index in [1.54, 1.807) is 14.0 Å². The quantitative estimate of drug-likeness (QED) is 0.345. The predicted molar refractivity (Wildman–Crippen MR) is 138 cm³/mol. The SMILES string of the molecule is CCN(Cc1ccccc1)S(=O)(=O)c1ccc(C(=O)N=c2sc3cc(OC)ccc3n2CC)cc1. The highest BCUT2D eigenvalue weighted by molar-refractivity contribution is 7.89. The van der Waals surface area contributed by atoms with Crippen molar-refractivity contribution in [3.63, 3.8) is 0 Å². The van der Waals surface area contributed by atoms with Crippen LogP contribution in [0.25, 0.3) is 10.2 Å². The Bertz CT molecular complexity index is 1510. The average molecular weight is 510 g/mol. The summed E-state index contributed by atoms with van der Waals surface area (Å²) in [6.07, 6.45) is 0. The van der Waals surface area contributed by atoms with Crippen molar-refractivity contribution in [3.8, 4) is 5.75 Å². The van der Waals surface area contributed by atoms with E-state index in [4.69, 9.17) is 4.74 Å². The highest BCUT2D eigenvalue weighted by Gasteiger charge is 2.23. The number of nitrogens with zero attached hydrogens (tertiary/aromatic N) is 3. The molecule has 0 aliphatic heterocycles. The molecule has 4 rings (SSSR count). The molecule has 0 fully saturated rings. The van der Waals surface area contributed by atoms with E-state index in [1.807, 2.05) is 60.0 Å². The van der Waals surface area contributed by atoms with Gasteiger partial charge >= 0.3 is 0 Å². The molecule has 1 aromatic heterocycles. The number of hydrogen-bond donors (Lipinski definition) is 0. The Balaban J connectivity index is 1.61. The van der Waals surface area contributed by atoms with Crippen molar-refractivity contribution < 1.29 is 17.9 Å². The van der Waals surface area contributed by atoms with E-state index in [0.29, 0.717) is 23.5 Å². The van der Waals surface area contributed by atoms with Gasteiger partial charge in [0, 0.05) is 25.2 Å². The van der Waals surface area contributed by atoms with E-state index in [9.17, 15) is 13.2 Å². The summed E-state index contributed by atoms with van der Waals surface area (Å²) in [5, 5.41) is 0. The molecular formula is C26H27N3O4S2. The summed E-state index contributed by atoms with van der Waals surface area (Å²) in [4.78, 5) is 18.0. The van der Waals surface area contributed by atoms with Gasteiger partial charge in [-0.05, 0) is 55.0 Å². The second kappa shape index (κ2) is 10.6. The summed E-state index contributed by atoms with van der Waals surface area (Å²) in [5.74, 6) is 0.316. The number of ether oxygens (including phenoxy) is 1. The Morgan fingerprint density at radius 2 is 1.74 bits per heavy atom. The fourth-order valence-corrected chi connectivity index (χ4v) is 6.35. The Morgan fingerprint density at radius 3 is 2.37 bits per heavy atom. The van der Waals surface area contributed by atoms with Gasteiger partial charge in [-0.25, -0.2) is 8.42 Å². The van der Waals surface area contributed by atoms with Crippen molar-refractivity contribution >= 4 is 37.5 Å². The molecule has 4 aromatic rings. The van der Waals surface area contributed by atoms with Crippen LogP contribution in [0.2, 0.25) is 0 Å². The molecule has 35 heavy (non-hydrogen) atoms. The molecule has 0 saturated heterocycles. The number of rotatable bonds is 8. The molecule has 1 amide bonds. The van der Waals surface area contributed by atoms with Gasteiger partial charge in [0.1, 0.15) is 5.75 Å². The molecule has 0 N–H and O–H groups in total. The monoisotopic (exact) mass is 509 g/mol. The predicted octanol–water partition coefficient (Wildman–Crippen LogP) is 4.68. The van der Waals surface area contributed by atoms with Crippen molar-refractivity contribution in [2.75, 3.05) is 13.7 Å². The van der Waals surface area contributed by atoms with Crippen molar-refractivity contribution in [3.05, 3.63) is 88.7 Å². The number of carbonyl (C=O) groups excluding carboxylic acids is 1. The van der Waals surface area contributed by atoms with E-state index in [0.717, 1.165) is 21.5 Å². The average Bonchev–Trinajstić information content (AvgIpc) is 3.23. The minimum absolute atomic E-state index is 0.143. The van der Waals surface area contributed by atoms with E-state index in [-0.39, 0.29) is 11.4 Å². The number of benzene rings is 3. The largest absolute Gasteiger partial charge is 0.497 e. The van der Waals surface area contributed by atoms with Crippen LogP contribution in [-0.4, -0.2) is 36.9 Å². The zero-order chi connectivity index (χ0) is 25.0. The first-order chi connectivity index (χ1) is 16.9. The van der Waals surface area contributed by atoms with Gasteiger partial charge in [-0.15, -0.1) is 0 Å².